The molecular weight excluding hydrogens is 261 g/mol. The van der Waals surface area contributed by atoms with Crippen LogP contribution in [0.2, 0.25) is 0 Å². The molecule has 0 saturated heterocycles. The molecule has 1 heterocycles. The first-order valence-corrected chi connectivity index (χ1v) is 6.18. The van der Waals surface area contributed by atoms with Gasteiger partial charge >= 0.3 is 6.18 Å². The summed E-state index contributed by atoms with van der Waals surface area (Å²) >= 11 is 0. The number of aliphatic hydroxyl groups excluding tert-OH is 1. The number of hydrogen-bond donors (Lipinski definition) is 1. The summed E-state index contributed by atoms with van der Waals surface area (Å²) in [7, 11) is 0. The number of nitrogens with zero attached hydrogens (tertiary/aromatic N) is 2. The Morgan fingerprint density at radius 2 is 2.16 bits per heavy atom. The Labute approximate surface area is 110 Å². The van der Waals surface area contributed by atoms with Crippen molar-refractivity contribution < 1.29 is 23.0 Å². The van der Waals surface area contributed by atoms with Crippen LogP contribution in [0.5, 0.6) is 0 Å². The number of halogens is 3. The predicted octanol–water partition coefficient (Wildman–Crippen LogP) is 2.34. The van der Waals surface area contributed by atoms with Gasteiger partial charge in [-0.3, -0.25) is 4.68 Å². The van der Waals surface area contributed by atoms with Crippen LogP contribution in [-0.2, 0) is 11.2 Å². The summed E-state index contributed by atoms with van der Waals surface area (Å²) < 4.78 is 41.7. The van der Waals surface area contributed by atoms with E-state index >= 15 is 0 Å². The Morgan fingerprint density at radius 1 is 1.47 bits per heavy atom. The van der Waals surface area contributed by atoms with Gasteiger partial charge in [-0.25, -0.2) is 0 Å². The van der Waals surface area contributed by atoms with Crippen LogP contribution in [0.25, 0.3) is 0 Å². The van der Waals surface area contributed by atoms with Gasteiger partial charge in [-0.15, -0.1) is 0 Å². The van der Waals surface area contributed by atoms with E-state index in [-0.39, 0.29) is 19.1 Å². The van der Waals surface area contributed by atoms with E-state index in [0.29, 0.717) is 5.69 Å². The minimum atomic E-state index is -4.36. The fourth-order valence-corrected chi connectivity index (χ4v) is 1.53. The number of aromatic nitrogens is 2. The molecule has 2 atom stereocenters. The van der Waals surface area contributed by atoms with Crippen LogP contribution in [0.1, 0.15) is 32.0 Å². The lowest BCUT2D eigenvalue weighted by molar-refractivity contribution is -0.179. The Bertz CT molecular complexity index is 379. The molecule has 0 saturated carbocycles. The Kier molecular flexibility index (Phi) is 5.81. The van der Waals surface area contributed by atoms with Crippen LogP contribution in [-0.4, -0.2) is 40.4 Å². The summed E-state index contributed by atoms with van der Waals surface area (Å²) in [6.07, 6.45) is -2.44. The lowest BCUT2D eigenvalue weighted by Gasteiger charge is -2.12. The second-order valence-corrected chi connectivity index (χ2v) is 4.53. The van der Waals surface area contributed by atoms with Crippen molar-refractivity contribution in [3.8, 4) is 0 Å². The van der Waals surface area contributed by atoms with Gasteiger partial charge in [0.25, 0.3) is 0 Å². The molecule has 1 rings (SSSR count). The minimum Gasteiger partial charge on any atom is -0.390 e. The second-order valence-electron chi connectivity index (χ2n) is 4.53. The van der Waals surface area contributed by atoms with Gasteiger partial charge in [0.1, 0.15) is 6.61 Å². The van der Waals surface area contributed by atoms with E-state index in [1.807, 2.05) is 13.8 Å². The van der Waals surface area contributed by atoms with Crippen molar-refractivity contribution >= 4 is 0 Å². The van der Waals surface area contributed by atoms with Gasteiger partial charge in [-0.2, -0.15) is 18.3 Å². The van der Waals surface area contributed by atoms with Crippen LogP contribution in [0, 0.1) is 0 Å². The molecule has 2 unspecified atom stereocenters. The Balaban J connectivity index is 2.36. The maximum Gasteiger partial charge on any atom is 0.411 e. The summed E-state index contributed by atoms with van der Waals surface area (Å²) in [4.78, 5) is 0. The molecule has 0 spiro atoms. The molecule has 0 aromatic carbocycles. The molecule has 1 aromatic heterocycles. The lowest BCUT2D eigenvalue weighted by Crippen LogP contribution is -2.24. The van der Waals surface area contributed by atoms with Crippen molar-refractivity contribution in [2.24, 2.45) is 0 Å². The van der Waals surface area contributed by atoms with Gasteiger partial charge in [0.2, 0.25) is 0 Å². The number of alkyl halides is 3. The van der Waals surface area contributed by atoms with Crippen LogP contribution >= 0.6 is 0 Å². The summed E-state index contributed by atoms with van der Waals surface area (Å²) in [6, 6.07) is 2.01. The monoisotopic (exact) mass is 280 g/mol. The quantitative estimate of drug-likeness (QED) is 0.834. The molecule has 0 amide bonds. The van der Waals surface area contributed by atoms with Gasteiger partial charge in [0.05, 0.1) is 18.4 Å². The maximum absolute atomic E-state index is 11.8. The fraction of sp³-hybridized carbons (Fsp3) is 0.750. The van der Waals surface area contributed by atoms with Gasteiger partial charge in [-0.1, -0.05) is 6.92 Å². The molecule has 110 valence electrons. The second kappa shape index (κ2) is 6.91. The zero-order valence-corrected chi connectivity index (χ0v) is 11.0. The summed E-state index contributed by atoms with van der Waals surface area (Å²) in [6.45, 7) is 2.35. The minimum absolute atomic E-state index is 0.182. The molecule has 19 heavy (non-hydrogen) atoms. The molecule has 0 aliphatic rings. The van der Waals surface area contributed by atoms with Gasteiger partial charge in [0.15, 0.2) is 0 Å². The molecule has 0 radical (unpaired) electrons. The van der Waals surface area contributed by atoms with E-state index < -0.39 is 18.9 Å². The standard InChI is InChI=1S/C12H19F3N2O2/c1-3-9(2)17-5-4-10(16-17)6-11(18)7-19-8-12(13,14)15/h4-5,9,11,18H,3,6-8H2,1-2H3. The predicted molar refractivity (Wildman–Crippen MR) is 63.8 cm³/mol. The van der Waals surface area contributed by atoms with E-state index in [1.54, 1.807) is 16.9 Å². The molecule has 1 N–H and O–H groups in total. The summed E-state index contributed by atoms with van der Waals surface area (Å²) in [5.41, 5.74) is 0.642. The highest BCUT2D eigenvalue weighted by atomic mass is 19.4. The van der Waals surface area contributed by atoms with Crippen molar-refractivity contribution in [2.45, 2.75) is 45.0 Å². The van der Waals surface area contributed by atoms with E-state index in [4.69, 9.17) is 0 Å². The van der Waals surface area contributed by atoms with E-state index in [1.165, 1.54) is 0 Å². The van der Waals surface area contributed by atoms with Crippen LogP contribution in [0.15, 0.2) is 12.3 Å². The topological polar surface area (TPSA) is 47.3 Å². The first-order chi connectivity index (χ1) is 8.81. The first kappa shape index (κ1) is 16.0. The molecule has 0 fully saturated rings. The van der Waals surface area contributed by atoms with Crippen molar-refractivity contribution in [3.05, 3.63) is 18.0 Å². The smallest absolute Gasteiger partial charge is 0.390 e. The van der Waals surface area contributed by atoms with Crippen molar-refractivity contribution in [3.63, 3.8) is 0 Å². The molecule has 4 nitrogen and oxygen atoms in total. The SMILES string of the molecule is CCC(C)n1ccc(CC(O)COCC(F)(F)F)n1. The maximum atomic E-state index is 11.8. The average Bonchev–Trinajstić information content (AvgIpc) is 2.74. The van der Waals surface area contributed by atoms with Crippen molar-refractivity contribution in [2.75, 3.05) is 13.2 Å². The third-order valence-corrected chi connectivity index (χ3v) is 2.73. The van der Waals surface area contributed by atoms with Gasteiger partial charge < -0.3 is 9.84 Å². The Hall–Kier alpha value is -1.08. The van der Waals surface area contributed by atoms with E-state index in [2.05, 4.69) is 9.84 Å². The molecule has 0 aliphatic heterocycles. The highest BCUT2D eigenvalue weighted by Crippen LogP contribution is 2.15. The molecule has 7 heteroatoms. The Morgan fingerprint density at radius 3 is 2.74 bits per heavy atom. The molecular formula is C12H19F3N2O2. The molecule has 1 aromatic rings. The summed E-state index contributed by atoms with van der Waals surface area (Å²) in [5, 5.41) is 13.8. The molecule has 0 aliphatic carbocycles. The largest absolute Gasteiger partial charge is 0.411 e. The van der Waals surface area contributed by atoms with Crippen LogP contribution in [0.4, 0.5) is 13.2 Å². The van der Waals surface area contributed by atoms with Gasteiger partial charge in [0, 0.05) is 18.7 Å². The van der Waals surface area contributed by atoms with Crippen LogP contribution in [0.3, 0.4) is 0 Å². The highest BCUT2D eigenvalue weighted by Gasteiger charge is 2.27. The van der Waals surface area contributed by atoms with Crippen molar-refractivity contribution in [1.29, 1.82) is 0 Å². The number of ether oxygens (including phenoxy) is 1. The third kappa shape index (κ3) is 6.07. The molecule has 0 bridgehead atoms. The zero-order valence-electron chi connectivity index (χ0n) is 11.0. The van der Waals surface area contributed by atoms with E-state index in [9.17, 15) is 18.3 Å². The van der Waals surface area contributed by atoms with Gasteiger partial charge in [-0.05, 0) is 19.4 Å². The third-order valence-electron chi connectivity index (χ3n) is 2.73. The number of hydrogen-bond acceptors (Lipinski definition) is 3. The average molecular weight is 280 g/mol. The zero-order chi connectivity index (χ0) is 14.5. The van der Waals surface area contributed by atoms with E-state index in [0.717, 1.165) is 6.42 Å². The van der Waals surface area contributed by atoms with Crippen molar-refractivity contribution in [1.82, 2.24) is 9.78 Å². The fourth-order valence-electron chi connectivity index (χ4n) is 1.53. The normalized spacial score (nSPS) is 15.5. The van der Waals surface area contributed by atoms with Crippen LogP contribution < -0.4 is 0 Å². The number of rotatable bonds is 7. The first-order valence-electron chi connectivity index (χ1n) is 6.18. The highest BCUT2D eigenvalue weighted by molar-refractivity contribution is 5.01. The summed E-state index contributed by atoms with van der Waals surface area (Å²) in [5.74, 6) is 0. The number of aliphatic hydroxyl groups is 1. The lowest BCUT2D eigenvalue weighted by atomic mass is 10.2.